The minimum atomic E-state index is -1.24. The number of hydrogen-bond donors (Lipinski definition) is 3. The summed E-state index contributed by atoms with van der Waals surface area (Å²) in [4.78, 5) is 40.0. The van der Waals surface area contributed by atoms with E-state index in [2.05, 4.69) is 10.3 Å². The molecule has 146 valence electrons. The SMILES string of the molecule is C[C@H](NC(=O)[C@H](C)n1c(=O)[nH]c2cccc(O)c2c1=O)c1ccc(F)cc1F. The average Bonchev–Trinajstić information content (AvgIpc) is 2.61. The predicted octanol–water partition coefficient (Wildman–Crippen LogP) is 2.11. The summed E-state index contributed by atoms with van der Waals surface area (Å²) < 4.78 is 27.6. The number of nitrogens with one attached hydrogen (secondary N) is 2. The van der Waals surface area contributed by atoms with Gasteiger partial charge < -0.3 is 15.4 Å². The Morgan fingerprint density at radius 1 is 1.18 bits per heavy atom. The first-order chi connectivity index (χ1) is 13.2. The van der Waals surface area contributed by atoms with Crippen molar-refractivity contribution in [3.63, 3.8) is 0 Å². The fourth-order valence-electron chi connectivity index (χ4n) is 2.99. The molecule has 1 heterocycles. The number of aromatic nitrogens is 2. The van der Waals surface area contributed by atoms with Gasteiger partial charge in [0.15, 0.2) is 0 Å². The van der Waals surface area contributed by atoms with Gasteiger partial charge in [-0.1, -0.05) is 12.1 Å². The molecule has 3 aromatic rings. The van der Waals surface area contributed by atoms with Gasteiger partial charge in [0.2, 0.25) is 5.91 Å². The minimum Gasteiger partial charge on any atom is -0.507 e. The Kier molecular flexibility index (Phi) is 5.00. The number of carbonyl (C=O) groups is 1. The maximum atomic E-state index is 13.9. The normalized spacial score (nSPS) is 13.3. The number of aromatic hydroxyl groups is 1. The molecule has 0 aliphatic rings. The van der Waals surface area contributed by atoms with E-state index in [-0.39, 0.29) is 22.2 Å². The van der Waals surface area contributed by atoms with Crippen LogP contribution in [0.25, 0.3) is 10.9 Å². The number of phenolic OH excluding ortho intramolecular Hbond substituents is 1. The highest BCUT2D eigenvalue weighted by molar-refractivity contribution is 5.85. The molecule has 0 fully saturated rings. The molecular formula is C19H17F2N3O4. The number of rotatable bonds is 4. The van der Waals surface area contributed by atoms with E-state index in [1.54, 1.807) is 0 Å². The van der Waals surface area contributed by atoms with Crippen LogP contribution in [-0.4, -0.2) is 20.6 Å². The van der Waals surface area contributed by atoms with Gasteiger partial charge in [-0.05, 0) is 32.0 Å². The molecule has 3 N–H and O–H groups in total. The molecule has 0 saturated carbocycles. The lowest BCUT2D eigenvalue weighted by Gasteiger charge is -2.19. The van der Waals surface area contributed by atoms with Crippen molar-refractivity contribution in [2.24, 2.45) is 0 Å². The van der Waals surface area contributed by atoms with Gasteiger partial charge in [0.1, 0.15) is 28.8 Å². The number of H-pyrrole nitrogens is 1. The van der Waals surface area contributed by atoms with E-state index in [0.717, 1.165) is 6.07 Å². The molecule has 0 aliphatic carbocycles. The molecule has 7 nitrogen and oxygen atoms in total. The lowest BCUT2D eigenvalue weighted by molar-refractivity contribution is -0.124. The first kappa shape index (κ1) is 19.3. The van der Waals surface area contributed by atoms with E-state index in [4.69, 9.17) is 0 Å². The summed E-state index contributed by atoms with van der Waals surface area (Å²) in [7, 11) is 0. The number of halogens is 2. The van der Waals surface area contributed by atoms with E-state index >= 15 is 0 Å². The van der Waals surface area contributed by atoms with Crippen molar-refractivity contribution in [1.82, 2.24) is 14.9 Å². The zero-order valence-corrected chi connectivity index (χ0v) is 15.0. The van der Waals surface area contributed by atoms with E-state index in [9.17, 15) is 28.3 Å². The largest absolute Gasteiger partial charge is 0.507 e. The third-order valence-electron chi connectivity index (χ3n) is 4.49. The zero-order chi connectivity index (χ0) is 20.6. The van der Waals surface area contributed by atoms with Crippen molar-refractivity contribution in [3.05, 3.63) is 74.4 Å². The van der Waals surface area contributed by atoms with Crippen LogP contribution in [0.1, 0.15) is 31.5 Å². The molecule has 0 aliphatic heterocycles. The van der Waals surface area contributed by atoms with E-state index in [1.165, 1.54) is 38.1 Å². The molecule has 0 unspecified atom stereocenters. The highest BCUT2D eigenvalue weighted by Gasteiger charge is 2.23. The summed E-state index contributed by atoms with van der Waals surface area (Å²) in [6, 6.07) is 5.09. The summed E-state index contributed by atoms with van der Waals surface area (Å²) in [5, 5.41) is 12.3. The number of phenols is 1. The standard InChI is InChI=1S/C19H17F2N3O4/c1-9(12-7-6-11(20)8-13(12)21)22-17(26)10(2)24-18(27)16-14(23-19(24)28)4-3-5-15(16)25/h3-10,25H,1-2H3,(H,22,26)(H,23,28)/t9-,10-/m0/s1. The van der Waals surface area contributed by atoms with Gasteiger partial charge in [-0.15, -0.1) is 0 Å². The average molecular weight is 389 g/mol. The molecule has 0 saturated heterocycles. The van der Waals surface area contributed by atoms with Crippen molar-refractivity contribution < 1.29 is 18.7 Å². The van der Waals surface area contributed by atoms with Crippen LogP contribution in [0.3, 0.4) is 0 Å². The Bertz CT molecular complexity index is 1190. The Balaban J connectivity index is 1.94. The van der Waals surface area contributed by atoms with Gasteiger partial charge in [0.05, 0.1) is 11.6 Å². The van der Waals surface area contributed by atoms with Crippen LogP contribution in [0, 0.1) is 11.6 Å². The third-order valence-corrected chi connectivity index (χ3v) is 4.49. The van der Waals surface area contributed by atoms with Gasteiger partial charge in [-0.25, -0.2) is 18.1 Å². The summed E-state index contributed by atoms with van der Waals surface area (Å²) in [5.74, 6) is -2.63. The number of amides is 1. The van der Waals surface area contributed by atoms with Crippen molar-refractivity contribution in [3.8, 4) is 5.75 Å². The summed E-state index contributed by atoms with van der Waals surface area (Å²) in [6.45, 7) is 2.81. The maximum Gasteiger partial charge on any atom is 0.329 e. The Hall–Kier alpha value is -3.49. The zero-order valence-electron chi connectivity index (χ0n) is 15.0. The second-order valence-electron chi connectivity index (χ2n) is 6.38. The molecule has 9 heteroatoms. The lowest BCUT2D eigenvalue weighted by Crippen LogP contribution is -2.44. The van der Waals surface area contributed by atoms with Crippen molar-refractivity contribution in [1.29, 1.82) is 0 Å². The Morgan fingerprint density at radius 2 is 1.89 bits per heavy atom. The van der Waals surface area contributed by atoms with Gasteiger partial charge >= 0.3 is 5.69 Å². The fourth-order valence-corrected chi connectivity index (χ4v) is 2.99. The van der Waals surface area contributed by atoms with Gasteiger partial charge in [-0.2, -0.15) is 0 Å². The van der Waals surface area contributed by atoms with Gasteiger partial charge in [0.25, 0.3) is 5.56 Å². The van der Waals surface area contributed by atoms with Crippen LogP contribution >= 0.6 is 0 Å². The Labute approximate surface area is 157 Å². The lowest BCUT2D eigenvalue weighted by atomic mass is 10.1. The first-order valence-corrected chi connectivity index (χ1v) is 8.42. The minimum absolute atomic E-state index is 0.0550. The van der Waals surface area contributed by atoms with Crippen LogP contribution < -0.4 is 16.6 Å². The summed E-state index contributed by atoms with van der Waals surface area (Å²) >= 11 is 0. The number of aromatic amines is 1. The van der Waals surface area contributed by atoms with Crippen LogP contribution in [0.5, 0.6) is 5.75 Å². The molecule has 3 rings (SSSR count). The van der Waals surface area contributed by atoms with E-state index < -0.39 is 40.9 Å². The molecule has 2 aromatic carbocycles. The number of hydrogen-bond acceptors (Lipinski definition) is 4. The topological polar surface area (TPSA) is 104 Å². The van der Waals surface area contributed by atoms with Crippen molar-refractivity contribution in [2.45, 2.75) is 25.9 Å². The van der Waals surface area contributed by atoms with E-state index in [0.29, 0.717) is 10.6 Å². The quantitative estimate of drug-likeness (QED) is 0.636. The first-order valence-electron chi connectivity index (χ1n) is 8.42. The smallest absolute Gasteiger partial charge is 0.329 e. The van der Waals surface area contributed by atoms with Gasteiger partial charge in [-0.3, -0.25) is 9.59 Å². The molecule has 0 bridgehead atoms. The molecule has 1 amide bonds. The molecule has 0 radical (unpaired) electrons. The van der Waals surface area contributed by atoms with Gasteiger partial charge in [0, 0.05) is 11.6 Å². The van der Waals surface area contributed by atoms with Crippen LogP contribution in [0.2, 0.25) is 0 Å². The highest BCUT2D eigenvalue weighted by Crippen LogP contribution is 2.20. The fraction of sp³-hybridized carbons (Fsp3) is 0.211. The predicted molar refractivity (Wildman–Crippen MR) is 98.1 cm³/mol. The Morgan fingerprint density at radius 3 is 2.57 bits per heavy atom. The second kappa shape index (κ2) is 7.26. The molecular weight excluding hydrogens is 372 g/mol. The maximum absolute atomic E-state index is 13.9. The highest BCUT2D eigenvalue weighted by atomic mass is 19.1. The molecule has 28 heavy (non-hydrogen) atoms. The van der Waals surface area contributed by atoms with Crippen LogP contribution in [0.4, 0.5) is 8.78 Å². The molecule has 2 atom stereocenters. The van der Waals surface area contributed by atoms with Crippen LogP contribution in [-0.2, 0) is 4.79 Å². The molecule has 1 aromatic heterocycles. The van der Waals surface area contributed by atoms with E-state index in [1.807, 2.05) is 0 Å². The summed E-state index contributed by atoms with van der Waals surface area (Å²) in [6.07, 6.45) is 0. The second-order valence-corrected chi connectivity index (χ2v) is 6.38. The van der Waals surface area contributed by atoms with Crippen molar-refractivity contribution in [2.75, 3.05) is 0 Å². The van der Waals surface area contributed by atoms with Crippen molar-refractivity contribution >= 4 is 16.8 Å². The van der Waals surface area contributed by atoms with Crippen LogP contribution in [0.15, 0.2) is 46.0 Å². The number of fused-ring (bicyclic) bond motifs is 1. The number of benzene rings is 2. The molecule has 0 spiro atoms. The third kappa shape index (κ3) is 3.38. The monoisotopic (exact) mass is 389 g/mol. The number of nitrogens with zero attached hydrogens (tertiary/aromatic N) is 1. The summed E-state index contributed by atoms with van der Waals surface area (Å²) in [5.41, 5.74) is -1.47. The number of carbonyl (C=O) groups excluding carboxylic acids is 1.